The topological polar surface area (TPSA) is 34.9 Å². The standard InChI is InChI=1S/C15H16Br2N2O/c1-4-12-15(17)13(19(3)18-12)8-14(20)11-6-5-10(16)7-9(11)2/h5-7H,4,8H2,1-3H3. The van der Waals surface area contributed by atoms with Gasteiger partial charge in [0.25, 0.3) is 0 Å². The summed E-state index contributed by atoms with van der Waals surface area (Å²) >= 11 is 6.97. The maximum atomic E-state index is 12.5. The molecule has 1 heterocycles. The van der Waals surface area contributed by atoms with Crippen LogP contribution < -0.4 is 0 Å². The van der Waals surface area contributed by atoms with Crippen LogP contribution in [0.1, 0.15) is 34.2 Å². The van der Waals surface area contributed by atoms with Crippen LogP contribution in [0.25, 0.3) is 0 Å². The van der Waals surface area contributed by atoms with E-state index in [9.17, 15) is 4.79 Å². The van der Waals surface area contributed by atoms with Crippen LogP contribution in [-0.2, 0) is 19.9 Å². The molecule has 5 heteroatoms. The van der Waals surface area contributed by atoms with Gasteiger partial charge >= 0.3 is 0 Å². The molecule has 0 radical (unpaired) electrons. The number of carbonyl (C=O) groups is 1. The third kappa shape index (κ3) is 3.04. The van der Waals surface area contributed by atoms with E-state index in [4.69, 9.17) is 0 Å². The van der Waals surface area contributed by atoms with Crippen LogP contribution >= 0.6 is 31.9 Å². The van der Waals surface area contributed by atoms with Crippen molar-refractivity contribution >= 4 is 37.6 Å². The highest BCUT2D eigenvalue weighted by Gasteiger charge is 2.17. The zero-order valence-electron chi connectivity index (χ0n) is 11.7. The monoisotopic (exact) mass is 398 g/mol. The fourth-order valence-corrected chi connectivity index (χ4v) is 3.43. The number of rotatable bonds is 4. The Labute approximate surface area is 135 Å². The molecule has 0 N–H and O–H groups in total. The molecular weight excluding hydrogens is 384 g/mol. The lowest BCUT2D eigenvalue weighted by Crippen LogP contribution is -2.09. The number of nitrogens with zero attached hydrogens (tertiary/aromatic N) is 2. The first-order chi connectivity index (χ1) is 9.43. The highest BCUT2D eigenvalue weighted by Crippen LogP contribution is 2.24. The summed E-state index contributed by atoms with van der Waals surface area (Å²) in [6, 6.07) is 5.73. The number of hydrogen-bond donors (Lipinski definition) is 0. The Morgan fingerprint density at radius 1 is 1.35 bits per heavy atom. The predicted octanol–water partition coefficient (Wildman–Crippen LogP) is 4.24. The van der Waals surface area contributed by atoms with Gasteiger partial charge in [-0.3, -0.25) is 9.48 Å². The fourth-order valence-electron chi connectivity index (χ4n) is 2.20. The Bertz CT molecular complexity index is 662. The molecule has 0 saturated heterocycles. The summed E-state index contributed by atoms with van der Waals surface area (Å²) in [6.07, 6.45) is 1.20. The smallest absolute Gasteiger partial charge is 0.169 e. The molecule has 0 amide bonds. The van der Waals surface area contributed by atoms with E-state index in [1.165, 1.54) is 0 Å². The molecule has 2 rings (SSSR count). The molecule has 0 aliphatic carbocycles. The van der Waals surface area contributed by atoms with Gasteiger partial charge in [0.1, 0.15) is 0 Å². The first kappa shape index (κ1) is 15.4. The van der Waals surface area contributed by atoms with Gasteiger partial charge in [-0.2, -0.15) is 5.10 Å². The number of halogens is 2. The quantitative estimate of drug-likeness (QED) is 0.720. The summed E-state index contributed by atoms with van der Waals surface area (Å²) in [5.41, 5.74) is 3.66. The Balaban J connectivity index is 2.30. The molecule has 1 aromatic heterocycles. The van der Waals surface area contributed by atoms with E-state index in [1.807, 2.05) is 32.2 Å². The van der Waals surface area contributed by atoms with Gasteiger partial charge in [0.05, 0.1) is 22.3 Å². The minimum Gasteiger partial charge on any atom is -0.294 e. The molecule has 0 saturated carbocycles. The number of carbonyl (C=O) groups excluding carboxylic acids is 1. The zero-order valence-corrected chi connectivity index (χ0v) is 14.9. The molecule has 20 heavy (non-hydrogen) atoms. The van der Waals surface area contributed by atoms with Gasteiger partial charge in [-0.15, -0.1) is 0 Å². The Kier molecular flexibility index (Phi) is 4.81. The van der Waals surface area contributed by atoms with Crippen molar-refractivity contribution in [2.75, 3.05) is 0 Å². The van der Waals surface area contributed by atoms with Crippen LogP contribution in [0.4, 0.5) is 0 Å². The molecule has 0 bridgehead atoms. The normalized spacial score (nSPS) is 10.8. The van der Waals surface area contributed by atoms with E-state index in [0.29, 0.717) is 6.42 Å². The van der Waals surface area contributed by atoms with Crippen molar-refractivity contribution in [2.24, 2.45) is 7.05 Å². The summed E-state index contributed by atoms with van der Waals surface area (Å²) in [7, 11) is 1.88. The van der Waals surface area contributed by atoms with Gasteiger partial charge in [-0.1, -0.05) is 28.9 Å². The van der Waals surface area contributed by atoms with Crippen LogP contribution in [0.15, 0.2) is 27.1 Å². The minimum atomic E-state index is 0.112. The lowest BCUT2D eigenvalue weighted by atomic mass is 10.0. The SMILES string of the molecule is CCc1nn(C)c(CC(=O)c2ccc(Br)cc2C)c1Br. The third-order valence-electron chi connectivity index (χ3n) is 3.32. The molecule has 0 fully saturated rings. The number of Topliss-reactive ketones (excluding diaryl/α,β-unsaturated/α-hetero) is 1. The number of aromatic nitrogens is 2. The summed E-state index contributed by atoms with van der Waals surface area (Å²) < 4.78 is 3.72. The van der Waals surface area contributed by atoms with E-state index in [0.717, 1.165) is 37.9 Å². The van der Waals surface area contributed by atoms with Crippen molar-refractivity contribution in [3.8, 4) is 0 Å². The number of hydrogen-bond acceptors (Lipinski definition) is 2. The number of benzene rings is 1. The van der Waals surface area contributed by atoms with E-state index in [2.05, 4.69) is 43.9 Å². The molecule has 0 aliphatic heterocycles. The lowest BCUT2D eigenvalue weighted by Gasteiger charge is -2.06. The first-order valence-corrected chi connectivity index (χ1v) is 8.02. The van der Waals surface area contributed by atoms with Crippen LogP contribution in [0.3, 0.4) is 0 Å². The Morgan fingerprint density at radius 2 is 2.05 bits per heavy atom. The molecule has 0 unspecified atom stereocenters. The lowest BCUT2D eigenvalue weighted by molar-refractivity contribution is 0.0990. The highest BCUT2D eigenvalue weighted by atomic mass is 79.9. The summed E-state index contributed by atoms with van der Waals surface area (Å²) in [5.74, 6) is 0.112. The van der Waals surface area contributed by atoms with E-state index >= 15 is 0 Å². The average molecular weight is 400 g/mol. The van der Waals surface area contributed by atoms with E-state index in [1.54, 1.807) is 4.68 Å². The number of ketones is 1. The van der Waals surface area contributed by atoms with Crippen molar-refractivity contribution in [3.63, 3.8) is 0 Å². The van der Waals surface area contributed by atoms with Crippen LogP contribution in [0.2, 0.25) is 0 Å². The molecule has 0 spiro atoms. The maximum absolute atomic E-state index is 12.5. The summed E-state index contributed by atoms with van der Waals surface area (Å²) in [4.78, 5) is 12.5. The van der Waals surface area contributed by atoms with Crippen molar-refractivity contribution in [1.29, 1.82) is 0 Å². The summed E-state index contributed by atoms with van der Waals surface area (Å²) in [5, 5.41) is 4.42. The molecule has 1 aromatic carbocycles. The van der Waals surface area contributed by atoms with Crippen LogP contribution in [-0.4, -0.2) is 15.6 Å². The Hall–Kier alpha value is -0.940. The second-order valence-electron chi connectivity index (χ2n) is 4.74. The largest absolute Gasteiger partial charge is 0.294 e. The van der Waals surface area contributed by atoms with Crippen molar-refractivity contribution in [3.05, 3.63) is 49.7 Å². The second-order valence-corrected chi connectivity index (χ2v) is 6.45. The zero-order chi connectivity index (χ0) is 14.9. The second kappa shape index (κ2) is 6.22. The van der Waals surface area contributed by atoms with Gasteiger partial charge in [-0.25, -0.2) is 0 Å². The predicted molar refractivity (Wildman–Crippen MR) is 87.2 cm³/mol. The fraction of sp³-hybridized carbons (Fsp3) is 0.333. The van der Waals surface area contributed by atoms with Gasteiger partial charge in [0.2, 0.25) is 0 Å². The van der Waals surface area contributed by atoms with Gasteiger partial charge in [0, 0.05) is 17.1 Å². The van der Waals surface area contributed by atoms with Gasteiger partial charge in [-0.05, 0) is 47.0 Å². The minimum absolute atomic E-state index is 0.112. The molecule has 0 aliphatic rings. The Morgan fingerprint density at radius 3 is 2.60 bits per heavy atom. The number of aryl methyl sites for hydroxylation is 3. The maximum Gasteiger partial charge on any atom is 0.169 e. The van der Waals surface area contributed by atoms with Crippen molar-refractivity contribution in [2.45, 2.75) is 26.7 Å². The molecule has 2 aromatic rings. The average Bonchev–Trinajstić information content (AvgIpc) is 2.66. The van der Waals surface area contributed by atoms with Gasteiger partial charge < -0.3 is 0 Å². The van der Waals surface area contributed by atoms with Crippen LogP contribution in [0.5, 0.6) is 0 Å². The molecule has 106 valence electrons. The summed E-state index contributed by atoms with van der Waals surface area (Å²) in [6.45, 7) is 4.01. The highest BCUT2D eigenvalue weighted by molar-refractivity contribution is 9.10. The first-order valence-electron chi connectivity index (χ1n) is 6.43. The van der Waals surface area contributed by atoms with Gasteiger partial charge in [0.15, 0.2) is 5.78 Å². The molecule has 3 nitrogen and oxygen atoms in total. The van der Waals surface area contributed by atoms with E-state index < -0.39 is 0 Å². The van der Waals surface area contributed by atoms with Crippen molar-refractivity contribution in [1.82, 2.24) is 9.78 Å². The third-order valence-corrected chi connectivity index (χ3v) is 4.73. The molecular formula is C15H16Br2N2O. The van der Waals surface area contributed by atoms with Crippen LogP contribution in [0, 0.1) is 6.92 Å². The molecule has 0 atom stereocenters. The van der Waals surface area contributed by atoms with Crippen molar-refractivity contribution < 1.29 is 4.79 Å². The van der Waals surface area contributed by atoms with E-state index in [-0.39, 0.29) is 5.78 Å².